The average Bonchev–Trinajstić information content (AvgIpc) is 3.42. The second-order valence-corrected chi connectivity index (χ2v) is 9.18. The quantitative estimate of drug-likeness (QED) is 0.688. The molecule has 2 aromatic rings. The number of amides is 3. The molecule has 3 fully saturated rings. The number of benzene rings is 2. The summed E-state index contributed by atoms with van der Waals surface area (Å²) in [5.41, 5.74) is 0.618. The van der Waals surface area contributed by atoms with E-state index in [1.54, 1.807) is 42.5 Å². The van der Waals surface area contributed by atoms with Gasteiger partial charge in [-0.3, -0.25) is 19.3 Å². The molecule has 0 aromatic heterocycles. The van der Waals surface area contributed by atoms with Crippen molar-refractivity contribution in [1.29, 1.82) is 0 Å². The summed E-state index contributed by atoms with van der Waals surface area (Å²) in [5.74, 6) is -2.19. The maximum absolute atomic E-state index is 13.7. The molecule has 0 bridgehead atoms. The molecule has 30 heavy (non-hydrogen) atoms. The number of nitrogens with one attached hydrogen (secondary N) is 1. The van der Waals surface area contributed by atoms with E-state index >= 15 is 0 Å². The second kappa shape index (κ2) is 6.06. The minimum absolute atomic E-state index is 0.153. The Morgan fingerprint density at radius 1 is 0.967 bits per heavy atom. The number of halogens is 2. The molecule has 1 spiro atoms. The minimum atomic E-state index is -1.21. The van der Waals surface area contributed by atoms with Gasteiger partial charge in [0.15, 0.2) is 0 Å². The molecule has 152 valence electrons. The van der Waals surface area contributed by atoms with Gasteiger partial charge in [-0.2, -0.15) is 0 Å². The Bertz CT molecular complexity index is 1130. The van der Waals surface area contributed by atoms with Gasteiger partial charge in [-0.15, -0.1) is 0 Å². The van der Waals surface area contributed by atoms with Crippen LogP contribution in [0.5, 0.6) is 0 Å². The van der Waals surface area contributed by atoms with Crippen LogP contribution < -0.4 is 10.2 Å². The first-order valence-corrected chi connectivity index (χ1v) is 10.7. The van der Waals surface area contributed by atoms with Crippen molar-refractivity contribution in [3.63, 3.8) is 0 Å². The summed E-state index contributed by atoms with van der Waals surface area (Å²) in [6.45, 7) is 0.665. The number of carbonyl (C=O) groups excluding carboxylic acids is 3. The lowest BCUT2D eigenvalue weighted by Gasteiger charge is -2.36. The van der Waals surface area contributed by atoms with E-state index in [0.29, 0.717) is 33.5 Å². The third kappa shape index (κ3) is 2.06. The van der Waals surface area contributed by atoms with Crippen molar-refractivity contribution in [2.75, 3.05) is 16.8 Å². The molecule has 8 heteroatoms. The van der Waals surface area contributed by atoms with Crippen molar-refractivity contribution in [2.24, 2.45) is 11.8 Å². The number of fused-ring (bicyclic) bond motifs is 7. The van der Waals surface area contributed by atoms with Crippen LogP contribution >= 0.6 is 23.2 Å². The van der Waals surface area contributed by atoms with E-state index in [-0.39, 0.29) is 23.8 Å². The maximum atomic E-state index is 13.7. The van der Waals surface area contributed by atoms with Gasteiger partial charge in [0, 0.05) is 27.3 Å². The number of rotatable bonds is 1. The van der Waals surface area contributed by atoms with Gasteiger partial charge in [-0.25, -0.2) is 4.90 Å². The molecule has 2 aromatic carbocycles. The van der Waals surface area contributed by atoms with Gasteiger partial charge >= 0.3 is 0 Å². The van der Waals surface area contributed by atoms with Gasteiger partial charge in [-0.1, -0.05) is 23.2 Å². The van der Waals surface area contributed by atoms with Gasteiger partial charge in [-0.05, 0) is 61.9 Å². The molecule has 6 nitrogen and oxygen atoms in total. The monoisotopic (exact) mass is 441 g/mol. The van der Waals surface area contributed by atoms with Crippen LogP contribution in [0.1, 0.15) is 18.4 Å². The summed E-state index contributed by atoms with van der Waals surface area (Å²) < 4.78 is 0. The fraction of sp³-hybridized carbons (Fsp3) is 0.318. The number of carbonyl (C=O) groups is 3. The molecular weight excluding hydrogens is 425 g/mol. The van der Waals surface area contributed by atoms with Crippen LogP contribution in [0.2, 0.25) is 10.0 Å². The summed E-state index contributed by atoms with van der Waals surface area (Å²) in [5, 5.41) is 3.96. The Labute approximate surface area is 182 Å². The minimum Gasteiger partial charge on any atom is -0.324 e. The van der Waals surface area contributed by atoms with Gasteiger partial charge < -0.3 is 5.32 Å². The van der Waals surface area contributed by atoms with Gasteiger partial charge in [0.1, 0.15) is 5.54 Å². The van der Waals surface area contributed by atoms with Gasteiger partial charge in [0.05, 0.1) is 17.5 Å². The van der Waals surface area contributed by atoms with E-state index in [2.05, 4.69) is 10.2 Å². The van der Waals surface area contributed by atoms with E-state index in [1.807, 2.05) is 0 Å². The van der Waals surface area contributed by atoms with E-state index in [1.165, 1.54) is 4.90 Å². The normalized spacial score (nSPS) is 32.0. The van der Waals surface area contributed by atoms with E-state index < -0.39 is 17.4 Å². The van der Waals surface area contributed by atoms with Crippen LogP contribution in [0.3, 0.4) is 0 Å². The molecule has 0 saturated carbocycles. The Kier molecular flexibility index (Phi) is 3.71. The van der Waals surface area contributed by atoms with Crippen LogP contribution in [0.15, 0.2) is 42.5 Å². The summed E-state index contributed by atoms with van der Waals surface area (Å²) in [6.07, 6.45) is 1.65. The highest BCUT2D eigenvalue weighted by Gasteiger charge is 2.74. The van der Waals surface area contributed by atoms with E-state index in [0.717, 1.165) is 12.8 Å². The summed E-state index contributed by atoms with van der Waals surface area (Å²) >= 11 is 12.3. The molecule has 4 heterocycles. The molecule has 0 radical (unpaired) electrons. The highest BCUT2D eigenvalue weighted by molar-refractivity contribution is 6.32. The molecule has 0 aliphatic carbocycles. The number of hydrogen-bond acceptors (Lipinski definition) is 4. The highest BCUT2D eigenvalue weighted by Crippen LogP contribution is 2.60. The number of nitrogens with zero attached hydrogens (tertiary/aromatic N) is 2. The standard InChI is InChI=1S/C22H17Cl2N3O3/c23-11-3-6-13(7-4-11)27-19(28)17-16-2-1-9-26(16)22(18(17)20(27)29)14-10-12(24)5-8-15(14)25-21(22)30/h3-8,10,16-18H,1-2,9H2,(H,25,30)/t16-,17+,18+,22-/m1/s1. The molecule has 3 saturated heterocycles. The van der Waals surface area contributed by atoms with Crippen molar-refractivity contribution in [1.82, 2.24) is 4.90 Å². The van der Waals surface area contributed by atoms with Crippen LogP contribution in [0, 0.1) is 11.8 Å². The summed E-state index contributed by atoms with van der Waals surface area (Å²) in [4.78, 5) is 44.1. The predicted molar refractivity (Wildman–Crippen MR) is 112 cm³/mol. The first kappa shape index (κ1) is 18.4. The molecule has 1 N–H and O–H groups in total. The number of anilines is 2. The van der Waals surface area contributed by atoms with Crippen molar-refractivity contribution in [3.8, 4) is 0 Å². The zero-order valence-corrected chi connectivity index (χ0v) is 17.3. The smallest absolute Gasteiger partial charge is 0.250 e. The Balaban J connectivity index is 1.56. The SMILES string of the molecule is O=C1[C@H]2[C@H]3CCCN3[C@@]3(C(=O)Nc4ccc(Cl)cc43)[C@@H]2C(=O)N1c1ccc(Cl)cc1. The van der Waals surface area contributed by atoms with Crippen LogP contribution in [-0.4, -0.2) is 35.2 Å². The molecule has 4 aliphatic rings. The fourth-order valence-electron chi connectivity index (χ4n) is 6.02. The van der Waals surface area contributed by atoms with Crippen LogP contribution in [0.4, 0.5) is 11.4 Å². The zero-order valence-electron chi connectivity index (χ0n) is 15.8. The summed E-state index contributed by atoms with van der Waals surface area (Å²) in [7, 11) is 0. The third-order valence-corrected chi connectivity index (χ3v) is 7.53. The fourth-order valence-corrected chi connectivity index (χ4v) is 6.32. The molecule has 4 aliphatic heterocycles. The molecule has 4 atom stereocenters. The lowest BCUT2D eigenvalue weighted by atomic mass is 9.75. The van der Waals surface area contributed by atoms with E-state index in [4.69, 9.17) is 23.2 Å². The number of imide groups is 1. The van der Waals surface area contributed by atoms with Crippen molar-refractivity contribution < 1.29 is 14.4 Å². The topological polar surface area (TPSA) is 69.7 Å². The maximum Gasteiger partial charge on any atom is 0.250 e. The predicted octanol–water partition coefficient (Wildman–Crippen LogP) is 3.42. The average molecular weight is 442 g/mol. The van der Waals surface area contributed by atoms with Crippen molar-refractivity contribution >= 4 is 52.3 Å². The molecule has 6 rings (SSSR count). The Hall–Kier alpha value is -2.41. The van der Waals surface area contributed by atoms with Crippen LogP contribution in [0.25, 0.3) is 0 Å². The summed E-state index contributed by atoms with van der Waals surface area (Å²) in [6, 6.07) is 11.7. The number of hydrogen-bond donors (Lipinski definition) is 1. The molecule has 3 amide bonds. The largest absolute Gasteiger partial charge is 0.324 e. The zero-order chi connectivity index (χ0) is 20.8. The molecule has 0 unspecified atom stereocenters. The van der Waals surface area contributed by atoms with E-state index in [9.17, 15) is 14.4 Å². The molecular formula is C22H17Cl2N3O3. The van der Waals surface area contributed by atoms with Gasteiger partial charge in [0.25, 0.3) is 0 Å². The van der Waals surface area contributed by atoms with Crippen molar-refractivity contribution in [3.05, 3.63) is 58.1 Å². The first-order chi connectivity index (χ1) is 14.4. The second-order valence-electron chi connectivity index (χ2n) is 8.31. The van der Waals surface area contributed by atoms with Crippen LogP contribution in [-0.2, 0) is 19.9 Å². The Morgan fingerprint density at radius 3 is 2.47 bits per heavy atom. The third-order valence-electron chi connectivity index (χ3n) is 7.04. The Morgan fingerprint density at radius 2 is 1.70 bits per heavy atom. The lowest BCUT2D eigenvalue weighted by molar-refractivity contribution is -0.135. The van der Waals surface area contributed by atoms with Gasteiger partial charge in [0.2, 0.25) is 17.7 Å². The first-order valence-electron chi connectivity index (χ1n) is 9.96. The highest BCUT2D eigenvalue weighted by atomic mass is 35.5. The lowest BCUT2D eigenvalue weighted by Crippen LogP contribution is -2.54. The van der Waals surface area contributed by atoms with Crippen molar-refractivity contribution in [2.45, 2.75) is 24.4 Å².